The van der Waals surface area contributed by atoms with Gasteiger partial charge in [-0.1, -0.05) is 51.5 Å². The van der Waals surface area contributed by atoms with E-state index in [2.05, 4.69) is 6.92 Å². The number of carbonyl (C=O) groups excluding carboxylic acids is 1. The van der Waals surface area contributed by atoms with Crippen molar-refractivity contribution in [3.8, 4) is 11.5 Å². The van der Waals surface area contributed by atoms with Crippen LogP contribution in [0, 0.1) is 0 Å². The average molecular weight is 320 g/mol. The minimum Gasteiger partial charge on any atom is -0.465 e. The van der Waals surface area contributed by atoms with Crippen molar-refractivity contribution in [1.82, 2.24) is 0 Å². The van der Waals surface area contributed by atoms with Gasteiger partial charge in [0.05, 0.1) is 6.61 Å². The van der Waals surface area contributed by atoms with E-state index in [0.29, 0.717) is 19.4 Å². The Morgan fingerprint density at radius 1 is 1.04 bits per heavy atom. The van der Waals surface area contributed by atoms with E-state index in [1.807, 2.05) is 18.2 Å². The Bertz CT molecular complexity index is 484. The highest BCUT2D eigenvalue weighted by Crippen LogP contribution is 2.32. The predicted molar refractivity (Wildman–Crippen MR) is 89.8 cm³/mol. The monoisotopic (exact) mass is 320 g/mol. The van der Waals surface area contributed by atoms with Gasteiger partial charge in [-0.3, -0.25) is 4.79 Å². The summed E-state index contributed by atoms with van der Waals surface area (Å²) in [5, 5.41) is 0. The third-order valence-electron chi connectivity index (χ3n) is 4.08. The first kappa shape index (κ1) is 17.6. The molecule has 0 aromatic heterocycles. The fraction of sp³-hybridized carbons (Fsp3) is 0.632. The van der Waals surface area contributed by atoms with Crippen LogP contribution in [0.5, 0.6) is 11.5 Å². The molecule has 1 heterocycles. The number of hydrogen-bond acceptors (Lipinski definition) is 4. The summed E-state index contributed by atoms with van der Waals surface area (Å²) in [5.41, 5.74) is 1.10. The van der Waals surface area contributed by atoms with Crippen LogP contribution in [0.25, 0.3) is 0 Å². The molecule has 0 unspecified atom stereocenters. The second-order valence-electron chi connectivity index (χ2n) is 6.03. The lowest BCUT2D eigenvalue weighted by molar-refractivity contribution is -0.143. The molecule has 0 N–H and O–H groups in total. The van der Waals surface area contributed by atoms with Crippen molar-refractivity contribution in [2.24, 2.45) is 0 Å². The lowest BCUT2D eigenvalue weighted by Gasteiger charge is -2.06. The van der Waals surface area contributed by atoms with E-state index in [0.717, 1.165) is 29.9 Å². The number of unbranched alkanes of at least 4 members (excludes halogenated alkanes) is 6. The molecule has 0 radical (unpaired) electrons. The van der Waals surface area contributed by atoms with Gasteiger partial charge in [-0.25, -0.2) is 0 Å². The summed E-state index contributed by atoms with van der Waals surface area (Å²) in [5.74, 6) is 1.47. The van der Waals surface area contributed by atoms with Crippen LogP contribution in [0.2, 0.25) is 0 Å². The fourth-order valence-electron chi connectivity index (χ4n) is 2.68. The number of fused-ring (bicyclic) bond motifs is 1. The zero-order chi connectivity index (χ0) is 16.3. The zero-order valence-corrected chi connectivity index (χ0v) is 14.1. The van der Waals surface area contributed by atoms with Gasteiger partial charge in [0.1, 0.15) is 0 Å². The van der Waals surface area contributed by atoms with Crippen molar-refractivity contribution in [3.05, 3.63) is 23.8 Å². The summed E-state index contributed by atoms with van der Waals surface area (Å²) in [7, 11) is 0. The second kappa shape index (κ2) is 10.1. The van der Waals surface area contributed by atoms with Crippen LogP contribution >= 0.6 is 0 Å². The summed E-state index contributed by atoms with van der Waals surface area (Å²) in [4.78, 5) is 11.7. The topological polar surface area (TPSA) is 44.8 Å². The van der Waals surface area contributed by atoms with Gasteiger partial charge in [-0.05, 0) is 24.1 Å². The normalized spacial score (nSPS) is 12.4. The molecule has 0 bridgehead atoms. The Morgan fingerprint density at radius 3 is 2.61 bits per heavy atom. The Hall–Kier alpha value is -1.71. The first-order valence-corrected chi connectivity index (χ1v) is 8.83. The number of rotatable bonds is 11. The molecular weight excluding hydrogens is 292 g/mol. The predicted octanol–water partition coefficient (Wildman–Crippen LogP) is 4.64. The molecule has 0 atom stereocenters. The van der Waals surface area contributed by atoms with Gasteiger partial charge in [-0.2, -0.15) is 0 Å². The number of esters is 1. The van der Waals surface area contributed by atoms with E-state index in [9.17, 15) is 4.79 Å². The number of ether oxygens (including phenoxy) is 3. The minimum atomic E-state index is -0.0840. The van der Waals surface area contributed by atoms with Gasteiger partial charge in [-0.15, -0.1) is 0 Å². The molecule has 0 amide bonds. The van der Waals surface area contributed by atoms with Crippen LogP contribution in [0.3, 0.4) is 0 Å². The summed E-state index contributed by atoms with van der Waals surface area (Å²) in [6.45, 7) is 2.93. The minimum absolute atomic E-state index is 0.0840. The lowest BCUT2D eigenvalue weighted by Crippen LogP contribution is -2.07. The van der Waals surface area contributed by atoms with Crippen LogP contribution in [0.15, 0.2) is 18.2 Å². The first-order chi connectivity index (χ1) is 11.3. The van der Waals surface area contributed by atoms with Gasteiger partial charge in [0.15, 0.2) is 11.5 Å². The summed E-state index contributed by atoms with van der Waals surface area (Å²) >= 11 is 0. The molecule has 1 aromatic carbocycles. The van der Waals surface area contributed by atoms with Crippen molar-refractivity contribution in [2.45, 2.75) is 64.7 Å². The number of hydrogen-bond donors (Lipinski definition) is 0. The largest absolute Gasteiger partial charge is 0.465 e. The van der Waals surface area contributed by atoms with Gasteiger partial charge >= 0.3 is 5.97 Å². The number of benzene rings is 1. The highest BCUT2D eigenvalue weighted by Gasteiger charge is 2.13. The molecule has 0 saturated heterocycles. The molecule has 1 aromatic rings. The molecule has 0 fully saturated rings. The van der Waals surface area contributed by atoms with Gasteiger partial charge in [0, 0.05) is 12.8 Å². The van der Waals surface area contributed by atoms with E-state index < -0.39 is 0 Å². The first-order valence-electron chi connectivity index (χ1n) is 8.83. The van der Waals surface area contributed by atoms with Crippen LogP contribution in [-0.2, 0) is 16.0 Å². The van der Waals surface area contributed by atoms with Crippen molar-refractivity contribution >= 4 is 5.97 Å². The maximum absolute atomic E-state index is 11.7. The highest BCUT2D eigenvalue weighted by atomic mass is 16.7. The van der Waals surface area contributed by atoms with E-state index >= 15 is 0 Å². The quantitative estimate of drug-likeness (QED) is 0.440. The van der Waals surface area contributed by atoms with Crippen LogP contribution in [0.1, 0.15) is 63.9 Å². The van der Waals surface area contributed by atoms with Crippen molar-refractivity contribution in [3.63, 3.8) is 0 Å². The molecule has 1 aliphatic rings. The Balaban J connectivity index is 1.51. The molecular formula is C19H28O4. The van der Waals surface area contributed by atoms with Gasteiger partial charge in [0.2, 0.25) is 6.79 Å². The molecule has 0 spiro atoms. The molecule has 1 aliphatic heterocycles. The molecule has 4 heteroatoms. The standard InChI is InChI=1S/C19H28O4/c1-2-3-4-5-6-7-8-9-19(20)21-13-12-16-10-11-17-18(14-16)23-15-22-17/h10-11,14H,2-9,12-13,15H2,1H3. The van der Waals surface area contributed by atoms with E-state index in [4.69, 9.17) is 14.2 Å². The Morgan fingerprint density at radius 2 is 1.78 bits per heavy atom. The van der Waals surface area contributed by atoms with E-state index in [-0.39, 0.29) is 12.8 Å². The summed E-state index contributed by atoms with van der Waals surface area (Å²) in [6, 6.07) is 5.84. The smallest absolute Gasteiger partial charge is 0.305 e. The van der Waals surface area contributed by atoms with Crippen molar-refractivity contribution < 1.29 is 19.0 Å². The fourth-order valence-corrected chi connectivity index (χ4v) is 2.68. The third kappa shape index (κ3) is 6.51. The van der Waals surface area contributed by atoms with E-state index in [1.165, 1.54) is 32.1 Å². The third-order valence-corrected chi connectivity index (χ3v) is 4.08. The SMILES string of the molecule is CCCCCCCCCC(=O)OCCc1ccc2c(c1)OCO2. The van der Waals surface area contributed by atoms with Crippen molar-refractivity contribution in [1.29, 1.82) is 0 Å². The van der Waals surface area contributed by atoms with Gasteiger partial charge in [0.25, 0.3) is 0 Å². The number of carbonyl (C=O) groups is 1. The van der Waals surface area contributed by atoms with E-state index in [1.54, 1.807) is 0 Å². The maximum Gasteiger partial charge on any atom is 0.305 e. The van der Waals surface area contributed by atoms with Crippen LogP contribution in [-0.4, -0.2) is 19.4 Å². The van der Waals surface area contributed by atoms with Crippen LogP contribution < -0.4 is 9.47 Å². The second-order valence-corrected chi connectivity index (χ2v) is 6.03. The Kier molecular flexibility index (Phi) is 7.78. The highest BCUT2D eigenvalue weighted by molar-refractivity contribution is 5.69. The molecule has 23 heavy (non-hydrogen) atoms. The average Bonchev–Trinajstić information content (AvgIpc) is 3.02. The molecule has 128 valence electrons. The molecule has 4 nitrogen and oxygen atoms in total. The maximum atomic E-state index is 11.7. The van der Waals surface area contributed by atoms with Gasteiger partial charge < -0.3 is 14.2 Å². The molecule has 0 aliphatic carbocycles. The Labute approximate surface area is 139 Å². The summed E-state index contributed by atoms with van der Waals surface area (Å²) in [6.07, 6.45) is 9.73. The molecule has 2 rings (SSSR count). The zero-order valence-electron chi connectivity index (χ0n) is 14.1. The summed E-state index contributed by atoms with van der Waals surface area (Å²) < 4.78 is 15.9. The van der Waals surface area contributed by atoms with Crippen molar-refractivity contribution in [2.75, 3.05) is 13.4 Å². The van der Waals surface area contributed by atoms with Crippen LogP contribution in [0.4, 0.5) is 0 Å². The molecule has 0 saturated carbocycles. The lowest BCUT2D eigenvalue weighted by atomic mass is 10.1.